The number of nitrogens with two attached hydrogens (primary N) is 1. The van der Waals surface area contributed by atoms with Gasteiger partial charge in [-0.3, -0.25) is 4.98 Å². The van der Waals surface area contributed by atoms with Crippen molar-refractivity contribution in [3.05, 3.63) is 59.9 Å². The summed E-state index contributed by atoms with van der Waals surface area (Å²) in [6, 6.07) is 14.2. The van der Waals surface area contributed by atoms with Crippen molar-refractivity contribution >= 4 is 5.69 Å². The molecule has 1 atom stereocenters. The number of benzene rings is 1. The Morgan fingerprint density at radius 3 is 2.52 bits per heavy atom. The number of aromatic nitrogens is 1. The van der Waals surface area contributed by atoms with Crippen molar-refractivity contribution in [3.8, 4) is 0 Å². The molecule has 1 aromatic heterocycles. The molecule has 0 fully saturated rings. The van der Waals surface area contributed by atoms with Crippen LogP contribution in [-0.2, 0) is 6.54 Å². The molecule has 2 aromatic rings. The van der Waals surface area contributed by atoms with E-state index >= 15 is 0 Å². The molecule has 0 amide bonds. The Bertz CT molecular complexity index is 527. The number of nitrogens with zero attached hydrogens (tertiary/aromatic N) is 2. The summed E-state index contributed by atoms with van der Waals surface area (Å²) in [5.74, 6) is 0. The number of aliphatic hydroxyl groups excluding tert-OH is 1. The van der Waals surface area contributed by atoms with Gasteiger partial charge in [-0.15, -0.1) is 0 Å². The van der Waals surface area contributed by atoms with Gasteiger partial charge in [0.1, 0.15) is 0 Å². The smallest absolute Gasteiger partial charge is 0.0606 e. The molecule has 3 N–H and O–H groups in total. The molecule has 112 valence electrons. The number of anilines is 1. The lowest BCUT2D eigenvalue weighted by atomic mass is 10.1. The Kier molecular flexibility index (Phi) is 5.72. The quantitative estimate of drug-likeness (QED) is 0.820. The summed E-state index contributed by atoms with van der Waals surface area (Å²) < 4.78 is 0. The Morgan fingerprint density at radius 2 is 1.95 bits per heavy atom. The van der Waals surface area contributed by atoms with E-state index in [1.165, 1.54) is 5.56 Å². The number of hydrogen-bond donors (Lipinski definition) is 2. The van der Waals surface area contributed by atoms with Gasteiger partial charge in [0.15, 0.2) is 0 Å². The minimum Gasteiger partial charge on any atom is -0.395 e. The molecule has 1 aromatic carbocycles. The minimum atomic E-state index is -0.0144. The summed E-state index contributed by atoms with van der Waals surface area (Å²) in [6.07, 6.45) is 2.71. The molecule has 2 rings (SSSR count). The summed E-state index contributed by atoms with van der Waals surface area (Å²) in [5.41, 5.74) is 9.10. The van der Waals surface area contributed by atoms with Crippen LogP contribution in [0.2, 0.25) is 0 Å². The van der Waals surface area contributed by atoms with Crippen LogP contribution < -0.4 is 10.6 Å². The fourth-order valence-corrected chi connectivity index (χ4v) is 2.24. The largest absolute Gasteiger partial charge is 0.395 e. The molecule has 0 bridgehead atoms. The van der Waals surface area contributed by atoms with Crippen LogP contribution >= 0.6 is 0 Å². The SMILES string of the molecule is CC[C@H](N)c1ccc(N(CCO)Cc2ccccc2)cn1. The standard InChI is InChI=1S/C17H23N3O/c1-2-16(18)17-9-8-15(12-19-17)20(10-11-21)13-14-6-4-3-5-7-14/h3-9,12,16,21H,2,10-11,13,18H2,1H3/t16-/m0/s1. The minimum absolute atomic E-state index is 0.0144. The molecule has 0 spiro atoms. The molecule has 4 nitrogen and oxygen atoms in total. The van der Waals surface area contributed by atoms with E-state index < -0.39 is 0 Å². The summed E-state index contributed by atoms with van der Waals surface area (Å²) in [6.45, 7) is 3.49. The van der Waals surface area contributed by atoms with E-state index in [0.29, 0.717) is 6.54 Å². The first kappa shape index (κ1) is 15.5. The lowest BCUT2D eigenvalue weighted by Gasteiger charge is -2.24. The molecule has 0 radical (unpaired) electrons. The number of pyridine rings is 1. The lowest BCUT2D eigenvalue weighted by Crippen LogP contribution is -2.26. The van der Waals surface area contributed by atoms with Crippen molar-refractivity contribution in [2.24, 2.45) is 5.73 Å². The number of aliphatic hydroxyl groups is 1. The molecule has 0 saturated heterocycles. The molecule has 4 heteroatoms. The van der Waals surface area contributed by atoms with Crippen LogP contribution in [0.1, 0.15) is 30.6 Å². The van der Waals surface area contributed by atoms with Crippen molar-refractivity contribution in [1.82, 2.24) is 4.98 Å². The third kappa shape index (κ3) is 4.28. The maximum absolute atomic E-state index is 9.27. The monoisotopic (exact) mass is 285 g/mol. The maximum Gasteiger partial charge on any atom is 0.0606 e. The molecule has 0 unspecified atom stereocenters. The van der Waals surface area contributed by atoms with E-state index in [0.717, 1.165) is 24.3 Å². The second-order valence-corrected chi connectivity index (χ2v) is 5.09. The molecule has 0 aliphatic heterocycles. The third-order valence-electron chi connectivity index (χ3n) is 3.54. The van der Waals surface area contributed by atoms with Crippen LogP contribution in [0.15, 0.2) is 48.7 Å². The Morgan fingerprint density at radius 1 is 1.19 bits per heavy atom. The van der Waals surface area contributed by atoms with Gasteiger partial charge in [0.05, 0.1) is 24.2 Å². The van der Waals surface area contributed by atoms with Crippen LogP contribution in [-0.4, -0.2) is 23.2 Å². The highest BCUT2D eigenvalue weighted by molar-refractivity contribution is 5.45. The van der Waals surface area contributed by atoms with Crippen LogP contribution in [0.25, 0.3) is 0 Å². The van der Waals surface area contributed by atoms with E-state index in [2.05, 4.69) is 22.0 Å². The Balaban J connectivity index is 2.14. The van der Waals surface area contributed by atoms with Crippen LogP contribution in [0.5, 0.6) is 0 Å². The van der Waals surface area contributed by atoms with Crippen molar-refractivity contribution in [3.63, 3.8) is 0 Å². The topological polar surface area (TPSA) is 62.4 Å². The van der Waals surface area contributed by atoms with Gasteiger partial charge in [-0.1, -0.05) is 37.3 Å². The molecular formula is C17H23N3O. The predicted octanol–water partition coefficient (Wildman–Crippen LogP) is 2.49. The van der Waals surface area contributed by atoms with Gasteiger partial charge in [-0.2, -0.15) is 0 Å². The van der Waals surface area contributed by atoms with Gasteiger partial charge in [-0.25, -0.2) is 0 Å². The van der Waals surface area contributed by atoms with E-state index in [4.69, 9.17) is 5.73 Å². The average Bonchev–Trinajstić information content (AvgIpc) is 2.55. The first-order chi connectivity index (χ1) is 10.2. The Labute approximate surface area is 126 Å². The molecule has 0 aliphatic rings. The Hall–Kier alpha value is -1.91. The lowest BCUT2D eigenvalue weighted by molar-refractivity contribution is 0.301. The molecule has 0 aliphatic carbocycles. The number of hydrogen-bond acceptors (Lipinski definition) is 4. The molecular weight excluding hydrogens is 262 g/mol. The highest BCUT2D eigenvalue weighted by atomic mass is 16.3. The van der Waals surface area contributed by atoms with Gasteiger partial charge >= 0.3 is 0 Å². The summed E-state index contributed by atoms with van der Waals surface area (Å²) in [4.78, 5) is 6.56. The molecule has 21 heavy (non-hydrogen) atoms. The first-order valence-corrected chi connectivity index (χ1v) is 7.36. The van der Waals surface area contributed by atoms with E-state index in [1.807, 2.05) is 43.5 Å². The van der Waals surface area contributed by atoms with Crippen LogP contribution in [0.3, 0.4) is 0 Å². The third-order valence-corrected chi connectivity index (χ3v) is 3.54. The van der Waals surface area contributed by atoms with E-state index in [1.54, 1.807) is 0 Å². The van der Waals surface area contributed by atoms with Crippen LogP contribution in [0.4, 0.5) is 5.69 Å². The summed E-state index contributed by atoms with van der Waals surface area (Å²) >= 11 is 0. The predicted molar refractivity (Wildman–Crippen MR) is 86.0 cm³/mol. The second-order valence-electron chi connectivity index (χ2n) is 5.09. The van der Waals surface area contributed by atoms with Gasteiger partial charge in [-0.05, 0) is 24.1 Å². The average molecular weight is 285 g/mol. The zero-order valence-corrected chi connectivity index (χ0v) is 12.4. The second kappa shape index (κ2) is 7.76. The highest BCUT2D eigenvalue weighted by Crippen LogP contribution is 2.19. The zero-order chi connectivity index (χ0) is 15.1. The van der Waals surface area contributed by atoms with Gasteiger partial charge in [0.2, 0.25) is 0 Å². The fourth-order valence-electron chi connectivity index (χ4n) is 2.24. The number of rotatable bonds is 7. The van der Waals surface area contributed by atoms with Crippen molar-refractivity contribution in [2.45, 2.75) is 25.9 Å². The first-order valence-electron chi connectivity index (χ1n) is 7.36. The van der Waals surface area contributed by atoms with Crippen molar-refractivity contribution in [2.75, 3.05) is 18.1 Å². The van der Waals surface area contributed by atoms with Gasteiger partial charge in [0, 0.05) is 19.1 Å². The van der Waals surface area contributed by atoms with E-state index in [9.17, 15) is 5.11 Å². The molecule has 0 saturated carbocycles. The van der Waals surface area contributed by atoms with Gasteiger partial charge < -0.3 is 15.7 Å². The fraction of sp³-hybridized carbons (Fsp3) is 0.353. The van der Waals surface area contributed by atoms with E-state index in [-0.39, 0.29) is 12.6 Å². The zero-order valence-electron chi connectivity index (χ0n) is 12.4. The summed E-state index contributed by atoms with van der Waals surface area (Å²) in [5, 5.41) is 9.27. The van der Waals surface area contributed by atoms with Crippen molar-refractivity contribution < 1.29 is 5.11 Å². The highest BCUT2D eigenvalue weighted by Gasteiger charge is 2.09. The molecule has 1 heterocycles. The summed E-state index contributed by atoms with van der Waals surface area (Å²) in [7, 11) is 0. The van der Waals surface area contributed by atoms with Crippen molar-refractivity contribution in [1.29, 1.82) is 0 Å². The van der Waals surface area contributed by atoms with Gasteiger partial charge in [0.25, 0.3) is 0 Å². The maximum atomic E-state index is 9.27. The normalized spacial score (nSPS) is 12.1. The van der Waals surface area contributed by atoms with Crippen LogP contribution in [0, 0.1) is 0 Å².